The minimum atomic E-state index is -0.448. The van der Waals surface area contributed by atoms with Gasteiger partial charge in [0.25, 0.3) is 0 Å². The molecule has 1 aromatic carbocycles. The van der Waals surface area contributed by atoms with Gasteiger partial charge < -0.3 is 19.8 Å². The third-order valence-electron chi connectivity index (χ3n) is 6.41. The van der Waals surface area contributed by atoms with Gasteiger partial charge in [-0.25, -0.2) is 9.97 Å². The van der Waals surface area contributed by atoms with Crippen LogP contribution in [0.2, 0.25) is 0 Å². The summed E-state index contributed by atoms with van der Waals surface area (Å²) in [7, 11) is 3.92. The fourth-order valence-corrected chi connectivity index (χ4v) is 4.51. The monoisotopic (exact) mass is 437 g/mol. The molecule has 0 saturated carbocycles. The molecule has 1 unspecified atom stereocenters. The number of hydrogen-bond donors (Lipinski definition) is 1. The molecule has 1 N–H and O–H groups in total. The summed E-state index contributed by atoms with van der Waals surface area (Å²) in [5, 5.41) is 9.11. The summed E-state index contributed by atoms with van der Waals surface area (Å²) >= 11 is 0. The average molecular weight is 438 g/mol. The van der Waals surface area contributed by atoms with Crippen LogP contribution in [-0.4, -0.2) is 77.0 Å². The van der Waals surface area contributed by atoms with Gasteiger partial charge in [0.2, 0.25) is 11.8 Å². The first-order chi connectivity index (χ1) is 15.4. The number of carbonyl (C=O) groups is 2. The second-order valence-electron chi connectivity index (χ2n) is 8.88. The Hall–Kier alpha value is -3.00. The van der Waals surface area contributed by atoms with E-state index in [1.54, 1.807) is 4.90 Å². The molecule has 32 heavy (non-hydrogen) atoms. The van der Waals surface area contributed by atoms with Crippen molar-refractivity contribution < 1.29 is 14.7 Å². The molecule has 0 spiro atoms. The zero-order valence-electron chi connectivity index (χ0n) is 18.8. The lowest BCUT2D eigenvalue weighted by atomic mass is 9.95. The number of anilines is 1. The largest absolute Gasteiger partial charge is 0.387 e. The minimum Gasteiger partial charge on any atom is -0.387 e. The van der Waals surface area contributed by atoms with Crippen LogP contribution in [0.5, 0.6) is 0 Å². The van der Waals surface area contributed by atoms with Gasteiger partial charge >= 0.3 is 0 Å². The zero-order valence-corrected chi connectivity index (χ0v) is 18.8. The lowest BCUT2D eigenvalue weighted by molar-refractivity contribution is -0.135. The molecular weight excluding hydrogens is 406 g/mol. The Bertz CT molecular complexity index is 957. The number of benzene rings is 1. The third kappa shape index (κ3) is 4.91. The van der Waals surface area contributed by atoms with Crippen molar-refractivity contribution in [3.63, 3.8) is 0 Å². The molecule has 4 rings (SSSR count). The van der Waals surface area contributed by atoms with Crippen molar-refractivity contribution in [2.24, 2.45) is 0 Å². The van der Waals surface area contributed by atoms with Crippen molar-refractivity contribution in [3.05, 3.63) is 53.5 Å². The number of amides is 2. The molecule has 2 aromatic rings. The Kier molecular flexibility index (Phi) is 6.69. The number of rotatable bonds is 6. The quantitative estimate of drug-likeness (QED) is 0.741. The van der Waals surface area contributed by atoms with Crippen LogP contribution < -0.4 is 4.90 Å². The lowest BCUT2D eigenvalue weighted by Gasteiger charge is -2.31. The third-order valence-corrected chi connectivity index (χ3v) is 6.41. The first-order valence-corrected chi connectivity index (χ1v) is 11.2. The van der Waals surface area contributed by atoms with E-state index in [1.807, 2.05) is 60.3 Å². The maximum Gasteiger partial charge on any atom is 0.248 e. The van der Waals surface area contributed by atoms with Crippen LogP contribution in [0.1, 0.15) is 48.2 Å². The molecule has 170 valence electrons. The molecule has 2 aliphatic rings. The van der Waals surface area contributed by atoms with E-state index in [2.05, 4.69) is 0 Å². The number of nitrogens with zero attached hydrogens (tertiary/aromatic N) is 5. The highest BCUT2D eigenvalue weighted by atomic mass is 16.3. The van der Waals surface area contributed by atoms with Gasteiger partial charge in [-0.05, 0) is 18.4 Å². The Morgan fingerprint density at radius 1 is 1.12 bits per heavy atom. The molecule has 1 aromatic heterocycles. The number of aliphatic hydroxyl groups is 1. The van der Waals surface area contributed by atoms with Crippen molar-refractivity contribution in [3.8, 4) is 0 Å². The Morgan fingerprint density at radius 3 is 2.50 bits per heavy atom. The average Bonchev–Trinajstić information content (AvgIpc) is 3.19. The Morgan fingerprint density at radius 2 is 1.84 bits per heavy atom. The summed E-state index contributed by atoms with van der Waals surface area (Å²) in [4.78, 5) is 39.8. The maximum absolute atomic E-state index is 12.7. The highest BCUT2D eigenvalue weighted by Gasteiger charge is 2.33. The number of carbonyl (C=O) groups excluding carboxylic acids is 2. The van der Waals surface area contributed by atoms with E-state index < -0.39 is 6.61 Å². The number of aromatic nitrogens is 2. The molecule has 0 radical (unpaired) electrons. The van der Waals surface area contributed by atoms with E-state index in [0.717, 1.165) is 35.7 Å². The second-order valence-corrected chi connectivity index (χ2v) is 8.88. The lowest BCUT2D eigenvalue weighted by Crippen LogP contribution is -2.39. The molecule has 3 heterocycles. The van der Waals surface area contributed by atoms with Gasteiger partial charge in [-0.1, -0.05) is 30.3 Å². The van der Waals surface area contributed by atoms with Crippen LogP contribution in [0.4, 0.5) is 5.82 Å². The molecule has 0 bridgehead atoms. The fourth-order valence-electron chi connectivity index (χ4n) is 4.51. The van der Waals surface area contributed by atoms with Crippen LogP contribution in [0, 0.1) is 0 Å². The van der Waals surface area contributed by atoms with Crippen LogP contribution in [0.3, 0.4) is 0 Å². The van der Waals surface area contributed by atoms with Gasteiger partial charge in [0.15, 0.2) is 0 Å². The number of likely N-dealkylation sites (tertiary alicyclic amines) is 2. The van der Waals surface area contributed by atoms with Gasteiger partial charge in [0.1, 0.15) is 18.2 Å². The SMILES string of the molecule is CN(C)c1cc(C2CC(=O)N(Cc3ccccc3)C2)nc(C2CCN(C(=O)CO)CC2)n1. The van der Waals surface area contributed by atoms with Crippen molar-refractivity contribution in [1.29, 1.82) is 0 Å². The van der Waals surface area contributed by atoms with Crippen LogP contribution in [0.25, 0.3) is 0 Å². The van der Waals surface area contributed by atoms with Gasteiger partial charge in [-0.3, -0.25) is 9.59 Å². The summed E-state index contributed by atoms with van der Waals surface area (Å²) in [6.45, 7) is 2.02. The highest BCUT2D eigenvalue weighted by molar-refractivity contribution is 5.79. The minimum absolute atomic E-state index is 0.0442. The maximum atomic E-state index is 12.7. The standard InChI is InChI=1S/C24H31N5O3/c1-27(2)21-13-20(19-12-22(31)29(15-19)14-17-6-4-3-5-7-17)25-24(26-21)18-8-10-28(11-9-18)23(32)16-30/h3-7,13,18-19,30H,8-12,14-16H2,1-2H3. The van der Waals surface area contributed by atoms with Crippen molar-refractivity contribution in [2.75, 3.05) is 45.2 Å². The van der Waals surface area contributed by atoms with Gasteiger partial charge in [0.05, 0.1) is 5.69 Å². The molecule has 2 saturated heterocycles. The predicted octanol–water partition coefficient (Wildman–Crippen LogP) is 1.76. The Balaban J connectivity index is 1.51. The summed E-state index contributed by atoms with van der Waals surface area (Å²) in [6, 6.07) is 12.0. The van der Waals surface area contributed by atoms with Gasteiger partial charge in [-0.15, -0.1) is 0 Å². The zero-order chi connectivity index (χ0) is 22.7. The van der Waals surface area contributed by atoms with Crippen molar-refractivity contribution in [2.45, 2.75) is 37.6 Å². The summed E-state index contributed by atoms with van der Waals surface area (Å²) in [5.41, 5.74) is 2.04. The van der Waals surface area contributed by atoms with Crippen molar-refractivity contribution in [1.82, 2.24) is 19.8 Å². The first-order valence-electron chi connectivity index (χ1n) is 11.2. The first kappa shape index (κ1) is 22.2. The molecule has 8 heteroatoms. The smallest absolute Gasteiger partial charge is 0.248 e. The Labute approximate surface area is 188 Å². The summed E-state index contributed by atoms with van der Waals surface area (Å²) in [6.07, 6.45) is 2.00. The number of aliphatic hydroxyl groups excluding tert-OH is 1. The molecule has 0 aliphatic carbocycles. The summed E-state index contributed by atoms with van der Waals surface area (Å²) in [5.74, 6) is 1.76. The highest BCUT2D eigenvalue weighted by Crippen LogP contribution is 2.32. The van der Waals surface area contributed by atoms with Gasteiger partial charge in [-0.2, -0.15) is 0 Å². The molecule has 2 fully saturated rings. The van der Waals surface area contributed by atoms with E-state index in [9.17, 15) is 9.59 Å². The fraction of sp³-hybridized carbons (Fsp3) is 0.500. The van der Waals surface area contributed by atoms with Crippen LogP contribution in [0.15, 0.2) is 36.4 Å². The molecular formula is C24H31N5O3. The second kappa shape index (κ2) is 9.65. The molecule has 2 aliphatic heterocycles. The van der Waals surface area contributed by atoms with Gasteiger partial charge in [0, 0.05) is 64.6 Å². The summed E-state index contributed by atoms with van der Waals surface area (Å²) < 4.78 is 0. The van der Waals surface area contributed by atoms with E-state index in [1.165, 1.54) is 0 Å². The molecule has 8 nitrogen and oxygen atoms in total. The van der Waals surface area contributed by atoms with E-state index in [4.69, 9.17) is 15.1 Å². The van der Waals surface area contributed by atoms with E-state index in [0.29, 0.717) is 32.6 Å². The normalized spacial score (nSPS) is 19.5. The topological polar surface area (TPSA) is 89.9 Å². The number of piperidine rings is 1. The van der Waals surface area contributed by atoms with Crippen LogP contribution in [-0.2, 0) is 16.1 Å². The predicted molar refractivity (Wildman–Crippen MR) is 121 cm³/mol. The molecule has 2 amide bonds. The number of hydrogen-bond acceptors (Lipinski definition) is 6. The van der Waals surface area contributed by atoms with Crippen LogP contribution >= 0.6 is 0 Å². The molecule has 1 atom stereocenters. The van der Waals surface area contributed by atoms with Crippen molar-refractivity contribution >= 4 is 17.6 Å². The van der Waals surface area contributed by atoms with E-state index >= 15 is 0 Å². The van der Waals surface area contributed by atoms with E-state index in [-0.39, 0.29) is 23.7 Å².